The number of rotatable bonds is 9. The van der Waals surface area contributed by atoms with Crippen LogP contribution in [-0.2, 0) is 10.0 Å². The molecular weight excluding hydrogens is 446 g/mol. The number of benzene rings is 3. The third-order valence-corrected chi connectivity index (χ3v) is 6.45. The zero-order valence-electron chi connectivity index (χ0n) is 18.7. The zero-order valence-corrected chi connectivity index (χ0v) is 19.5. The minimum Gasteiger partial charge on any atom is -0.496 e. The van der Waals surface area contributed by atoms with E-state index < -0.39 is 14.9 Å². The fraction of sp³-hybridized carbons (Fsp3) is 0.217. The van der Waals surface area contributed by atoms with Gasteiger partial charge in [0.25, 0.3) is 15.7 Å². The number of methoxy groups -OCH3 is 2. The van der Waals surface area contributed by atoms with E-state index in [0.29, 0.717) is 11.5 Å². The Bertz CT molecular complexity index is 1280. The first-order valence-electron chi connectivity index (χ1n) is 10.0. The van der Waals surface area contributed by atoms with E-state index in [-0.39, 0.29) is 28.0 Å². The van der Waals surface area contributed by atoms with Crippen molar-refractivity contribution in [3.05, 3.63) is 81.9 Å². The fourth-order valence-electron chi connectivity index (χ4n) is 3.40. The molecule has 0 spiro atoms. The third-order valence-electron chi connectivity index (χ3n) is 5.04. The first-order valence-corrected chi connectivity index (χ1v) is 11.5. The monoisotopic (exact) mass is 471 g/mol. The van der Waals surface area contributed by atoms with Gasteiger partial charge in [-0.15, -0.1) is 0 Å². The smallest absolute Gasteiger partial charge is 0.270 e. The first-order chi connectivity index (χ1) is 15.7. The van der Waals surface area contributed by atoms with Gasteiger partial charge in [-0.3, -0.25) is 14.8 Å². The zero-order chi connectivity index (χ0) is 24.2. The molecule has 174 valence electrons. The van der Waals surface area contributed by atoms with Gasteiger partial charge in [0.2, 0.25) is 0 Å². The van der Waals surface area contributed by atoms with Crippen LogP contribution in [0.3, 0.4) is 0 Å². The summed E-state index contributed by atoms with van der Waals surface area (Å²) in [5, 5.41) is 14.5. The number of ether oxygens (including phenoxy) is 2. The van der Waals surface area contributed by atoms with Crippen LogP contribution < -0.4 is 19.5 Å². The van der Waals surface area contributed by atoms with Gasteiger partial charge < -0.3 is 14.8 Å². The molecule has 0 saturated carbocycles. The maximum Gasteiger partial charge on any atom is 0.270 e. The van der Waals surface area contributed by atoms with Gasteiger partial charge >= 0.3 is 0 Å². The first kappa shape index (κ1) is 23.9. The lowest BCUT2D eigenvalue weighted by molar-refractivity contribution is -0.385. The molecule has 2 N–H and O–H groups in total. The van der Waals surface area contributed by atoms with E-state index in [9.17, 15) is 18.5 Å². The quantitative estimate of drug-likeness (QED) is 0.337. The molecule has 0 amide bonds. The molecule has 1 unspecified atom stereocenters. The van der Waals surface area contributed by atoms with Crippen LogP contribution in [0, 0.1) is 17.0 Å². The number of nitro groups is 1. The van der Waals surface area contributed by atoms with Gasteiger partial charge in [-0.1, -0.05) is 29.8 Å². The van der Waals surface area contributed by atoms with Crippen molar-refractivity contribution in [2.45, 2.75) is 24.8 Å². The van der Waals surface area contributed by atoms with E-state index in [4.69, 9.17) is 9.47 Å². The lowest BCUT2D eigenvalue weighted by Gasteiger charge is -2.21. The highest BCUT2D eigenvalue weighted by Gasteiger charge is 2.25. The van der Waals surface area contributed by atoms with Gasteiger partial charge in [-0.05, 0) is 38.1 Å². The van der Waals surface area contributed by atoms with E-state index in [1.807, 2.05) is 32.0 Å². The fourth-order valence-corrected chi connectivity index (χ4v) is 4.66. The van der Waals surface area contributed by atoms with Gasteiger partial charge in [0.15, 0.2) is 0 Å². The predicted molar refractivity (Wildman–Crippen MR) is 127 cm³/mol. The summed E-state index contributed by atoms with van der Waals surface area (Å²) in [6.45, 7) is 3.79. The minimum absolute atomic E-state index is 0.207. The van der Waals surface area contributed by atoms with Crippen molar-refractivity contribution in [3.63, 3.8) is 0 Å². The Morgan fingerprint density at radius 1 is 0.939 bits per heavy atom. The van der Waals surface area contributed by atoms with Crippen molar-refractivity contribution in [1.82, 2.24) is 0 Å². The van der Waals surface area contributed by atoms with Crippen molar-refractivity contribution >= 4 is 27.1 Å². The molecule has 9 nitrogen and oxygen atoms in total. The number of sulfonamides is 1. The SMILES string of the molecule is COc1ccccc1NS(=O)(=O)c1cc([N+](=O)[O-])ccc1NC(C)c1cc(C)ccc1OC. The molecule has 3 aromatic rings. The summed E-state index contributed by atoms with van der Waals surface area (Å²) in [7, 11) is -1.24. The maximum atomic E-state index is 13.3. The van der Waals surface area contributed by atoms with Crippen LogP contribution in [0.5, 0.6) is 11.5 Å². The van der Waals surface area contributed by atoms with Gasteiger partial charge in [0, 0.05) is 17.7 Å². The molecule has 33 heavy (non-hydrogen) atoms. The van der Waals surface area contributed by atoms with Gasteiger partial charge in [0.05, 0.1) is 36.6 Å². The number of non-ortho nitro benzene ring substituents is 1. The molecule has 1 atom stereocenters. The Morgan fingerprint density at radius 2 is 1.64 bits per heavy atom. The van der Waals surface area contributed by atoms with Crippen molar-refractivity contribution in [3.8, 4) is 11.5 Å². The van der Waals surface area contributed by atoms with E-state index in [1.54, 1.807) is 31.4 Å². The molecular formula is C23H25N3O6S. The summed E-state index contributed by atoms with van der Waals surface area (Å²) in [4.78, 5) is 10.4. The van der Waals surface area contributed by atoms with Gasteiger partial charge in [-0.25, -0.2) is 8.42 Å². The summed E-state index contributed by atoms with van der Waals surface area (Å²) in [6, 6.07) is 15.5. The Labute approximate surface area is 192 Å². The lowest BCUT2D eigenvalue weighted by atomic mass is 10.0. The average molecular weight is 472 g/mol. The summed E-state index contributed by atoms with van der Waals surface area (Å²) >= 11 is 0. The van der Waals surface area contributed by atoms with Crippen molar-refractivity contribution in [1.29, 1.82) is 0 Å². The Balaban J connectivity index is 2.05. The summed E-state index contributed by atoms with van der Waals surface area (Å²) in [5.41, 5.74) is 1.90. The normalized spacial score (nSPS) is 12.0. The molecule has 0 saturated heterocycles. The molecule has 0 bridgehead atoms. The number of anilines is 2. The molecule has 0 heterocycles. The van der Waals surface area contributed by atoms with Crippen LogP contribution in [-0.4, -0.2) is 27.6 Å². The topological polar surface area (TPSA) is 120 Å². The van der Waals surface area contributed by atoms with Crippen LogP contribution in [0.1, 0.15) is 24.1 Å². The highest BCUT2D eigenvalue weighted by molar-refractivity contribution is 7.93. The van der Waals surface area contributed by atoms with Crippen LogP contribution in [0.25, 0.3) is 0 Å². The molecule has 3 aromatic carbocycles. The molecule has 0 fully saturated rings. The van der Waals surface area contributed by atoms with Crippen molar-refractivity contribution in [2.75, 3.05) is 24.3 Å². The minimum atomic E-state index is -4.21. The number of hydrogen-bond acceptors (Lipinski definition) is 7. The lowest BCUT2D eigenvalue weighted by Crippen LogP contribution is -2.17. The van der Waals surface area contributed by atoms with E-state index >= 15 is 0 Å². The second kappa shape index (κ2) is 9.78. The van der Waals surface area contributed by atoms with E-state index in [0.717, 1.165) is 17.2 Å². The van der Waals surface area contributed by atoms with E-state index in [1.165, 1.54) is 19.2 Å². The standard InChI is InChI=1S/C23H25N3O6S/c1-15-9-12-21(31-3)18(13-15)16(2)24-20-11-10-17(26(27)28)14-23(20)33(29,30)25-19-7-5-6-8-22(19)32-4/h5-14,16,24-25H,1-4H3. The second-order valence-corrected chi connectivity index (χ2v) is 9.01. The molecule has 0 aliphatic rings. The van der Waals surface area contributed by atoms with Crippen LogP contribution >= 0.6 is 0 Å². The highest BCUT2D eigenvalue weighted by atomic mass is 32.2. The number of nitro benzene ring substituents is 1. The molecule has 0 aliphatic heterocycles. The molecule has 3 rings (SSSR count). The van der Waals surface area contributed by atoms with Crippen LogP contribution in [0.4, 0.5) is 17.1 Å². The number of hydrogen-bond donors (Lipinski definition) is 2. The predicted octanol–water partition coefficient (Wildman–Crippen LogP) is 4.89. The van der Waals surface area contributed by atoms with Crippen LogP contribution in [0.15, 0.2) is 65.6 Å². The second-order valence-electron chi connectivity index (χ2n) is 7.35. The number of para-hydroxylation sites is 2. The van der Waals surface area contributed by atoms with Crippen molar-refractivity contribution < 1.29 is 22.8 Å². The average Bonchev–Trinajstić information content (AvgIpc) is 2.79. The Hall–Kier alpha value is -3.79. The molecule has 10 heteroatoms. The molecule has 0 aliphatic carbocycles. The number of aryl methyl sites for hydroxylation is 1. The maximum absolute atomic E-state index is 13.3. The summed E-state index contributed by atoms with van der Waals surface area (Å²) < 4.78 is 39.7. The molecule has 0 aromatic heterocycles. The molecule has 0 radical (unpaired) electrons. The Morgan fingerprint density at radius 3 is 2.30 bits per heavy atom. The third kappa shape index (κ3) is 5.35. The van der Waals surface area contributed by atoms with Gasteiger partial charge in [-0.2, -0.15) is 0 Å². The van der Waals surface area contributed by atoms with Gasteiger partial charge in [0.1, 0.15) is 16.4 Å². The van der Waals surface area contributed by atoms with Crippen LogP contribution in [0.2, 0.25) is 0 Å². The Kier molecular flexibility index (Phi) is 7.07. The summed E-state index contributed by atoms with van der Waals surface area (Å²) in [6.07, 6.45) is 0. The number of nitrogens with one attached hydrogen (secondary N) is 2. The van der Waals surface area contributed by atoms with E-state index in [2.05, 4.69) is 10.0 Å². The van der Waals surface area contributed by atoms with Crippen molar-refractivity contribution in [2.24, 2.45) is 0 Å². The highest BCUT2D eigenvalue weighted by Crippen LogP contribution is 2.34. The number of nitrogens with zero attached hydrogens (tertiary/aromatic N) is 1. The largest absolute Gasteiger partial charge is 0.496 e. The summed E-state index contributed by atoms with van der Waals surface area (Å²) in [5.74, 6) is 0.956.